The minimum absolute atomic E-state index is 0.0492. The Bertz CT molecular complexity index is 2080. The number of pyridine rings is 1. The van der Waals surface area contributed by atoms with E-state index in [4.69, 9.17) is 19.2 Å². The highest BCUT2D eigenvalue weighted by atomic mass is 32.2. The van der Waals surface area contributed by atoms with Gasteiger partial charge in [0.15, 0.2) is 0 Å². The fraction of sp³-hybridized carbons (Fsp3) is 0.643. The quantitative estimate of drug-likeness (QED) is 0.307. The molecule has 5 aliphatic rings. The first kappa shape index (κ1) is 40.8. The number of carbonyl (C=O) groups is 4. The fourth-order valence-corrected chi connectivity index (χ4v) is 9.74. The smallest absolute Gasteiger partial charge is 0.408 e. The highest BCUT2D eigenvalue weighted by Gasteiger charge is 2.64. The molecule has 3 aliphatic heterocycles. The zero-order valence-electron chi connectivity index (χ0n) is 33.9. The summed E-state index contributed by atoms with van der Waals surface area (Å²) in [7, 11) is -2.38. The lowest BCUT2D eigenvalue weighted by atomic mass is 9.87. The van der Waals surface area contributed by atoms with E-state index in [1.165, 1.54) is 4.90 Å². The van der Waals surface area contributed by atoms with Crippen LogP contribution in [0, 0.1) is 11.8 Å². The van der Waals surface area contributed by atoms with Gasteiger partial charge in [-0.1, -0.05) is 45.8 Å². The molecule has 2 saturated carbocycles. The third kappa shape index (κ3) is 7.92. The van der Waals surface area contributed by atoms with Gasteiger partial charge < -0.3 is 29.7 Å². The Morgan fingerprint density at radius 2 is 1.88 bits per heavy atom. The highest BCUT2D eigenvalue weighted by Crippen LogP contribution is 2.49. The van der Waals surface area contributed by atoms with Crippen molar-refractivity contribution in [1.29, 1.82) is 0 Å². The number of benzene rings is 1. The van der Waals surface area contributed by atoms with Gasteiger partial charge in [-0.15, -0.1) is 0 Å². The van der Waals surface area contributed by atoms with Crippen LogP contribution in [0.1, 0.15) is 110 Å². The second kappa shape index (κ2) is 15.4. The summed E-state index contributed by atoms with van der Waals surface area (Å²) in [5, 5.41) is 6.70. The molecule has 3 N–H and O–H groups in total. The van der Waals surface area contributed by atoms with E-state index in [2.05, 4.69) is 15.4 Å². The fourth-order valence-electron chi connectivity index (χ4n) is 8.42. The Hall–Kier alpha value is -4.40. The Balaban J connectivity index is 1.24. The molecule has 2 aliphatic carbocycles. The molecule has 57 heavy (non-hydrogen) atoms. The van der Waals surface area contributed by atoms with Crippen LogP contribution in [0.3, 0.4) is 0 Å². The van der Waals surface area contributed by atoms with Crippen LogP contribution < -0.4 is 24.8 Å². The summed E-state index contributed by atoms with van der Waals surface area (Å²) in [6.45, 7) is 9.33. The Kier molecular flexibility index (Phi) is 11.0. The molecule has 3 fully saturated rings. The van der Waals surface area contributed by atoms with Gasteiger partial charge in [0, 0.05) is 23.3 Å². The molecular formula is C42H57N5O9S. The van der Waals surface area contributed by atoms with Crippen molar-refractivity contribution < 1.29 is 41.8 Å². The van der Waals surface area contributed by atoms with E-state index in [-0.39, 0.29) is 25.3 Å². The van der Waals surface area contributed by atoms with Crippen molar-refractivity contribution in [3.8, 4) is 11.5 Å². The number of hydrogen-bond acceptors (Lipinski definition) is 10. The van der Waals surface area contributed by atoms with Crippen molar-refractivity contribution >= 4 is 44.7 Å². The third-order valence-electron chi connectivity index (χ3n) is 12.9. The largest absolute Gasteiger partial charge is 0.497 e. The zero-order valence-corrected chi connectivity index (χ0v) is 34.8. The molecule has 2 aromatic rings. The van der Waals surface area contributed by atoms with Crippen LogP contribution in [0.15, 0.2) is 30.4 Å². The minimum Gasteiger partial charge on any atom is -0.497 e. The van der Waals surface area contributed by atoms with Gasteiger partial charge in [0.1, 0.15) is 40.8 Å². The molecule has 1 saturated heterocycles. The number of carbonyl (C=O) groups excluding carboxylic acids is 4. The number of ether oxygens (including phenoxy) is 3. The Morgan fingerprint density at radius 3 is 2.58 bits per heavy atom. The van der Waals surface area contributed by atoms with E-state index in [1.807, 2.05) is 51.1 Å². The topological polar surface area (TPSA) is 182 Å². The summed E-state index contributed by atoms with van der Waals surface area (Å²) < 4.78 is 45.9. The summed E-state index contributed by atoms with van der Waals surface area (Å²) in [6.07, 6.45) is 8.87. The van der Waals surface area contributed by atoms with Gasteiger partial charge in [-0.3, -0.25) is 19.1 Å². The molecule has 7 rings (SSSR count). The number of nitrogens with zero attached hydrogens (tertiary/aromatic N) is 2. The molecule has 15 heteroatoms. The van der Waals surface area contributed by atoms with Crippen LogP contribution in [0.2, 0.25) is 0 Å². The van der Waals surface area contributed by atoms with E-state index >= 15 is 0 Å². The molecule has 1 spiro atoms. The van der Waals surface area contributed by atoms with E-state index in [9.17, 15) is 27.6 Å². The van der Waals surface area contributed by atoms with E-state index in [0.717, 1.165) is 35.0 Å². The van der Waals surface area contributed by atoms with Gasteiger partial charge in [0.25, 0.3) is 5.91 Å². The third-order valence-corrected chi connectivity index (χ3v) is 15.1. The van der Waals surface area contributed by atoms with Crippen molar-refractivity contribution in [2.24, 2.45) is 11.8 Å². The molecule has 6 atom stereocenters. The molecule has 1 aromatic carbocycles. The van der Waals surface area contributed by atoms with Crippen LogP contribution in [-0.4, -0.2) is 89.8 Å². The van der Waals surface area contributed by atoms with Crippen LogP contribution >= 0.6 is 0 Å². The van der Waals surface area contributed by atoms with Crippen molar-refractivity contribution in [2.75, 3.05) is 13.7 Å². The number of aryl methyl sites for hydroxylation is 2. The standard InChI is InChI=1S/C42H57N5O9S/c1-7-31-35-29(30-21-28(54-6)15-16-32(30)43-31)17-18-41(56-35)23-34-36(48)45-42(38(50)46-57(52,53)40(5)19-20-40)22-27(42)13-11-9-8-10-12-14-33(37(49)47(34)24-41)44-39(51)55-26(4)25(2)3/h11,13,15-16,21,25-27,33-34H,7-10,12,14,17-20,22-24H2,1-6H3,(H,44,51)(H,45,48)(H,46,50)/b13-11-/t26-,27+,33-,34-,41+,42+/m0/s1. The first-order valence-corrected chi connectivity index (χ1v) is 22.0. The van der Waals surface area contributed by atoms with Gasteiger partial charge in [0.2, 0.25) is 21.8 Å². The summed E-state index contributed by atoms with van der Waals surface area (Å²) in [5.74, 6) is -0.865. The number of methoxy groups -OCH3 is 1. The number of hydrogen-bond donors (Lipinski definition) is 3. The molecule has 0 bridgehead atoms. The molecule has 0 unspecified atom stereocenters. The predicted octanol–water partition coefficient (Wildman–Crippen LogP) is 5.00. The predicted molar refractivity (Wildman–Crippen MR) is 213 cm³/mol. The summed E-state index contributed by atoms with van der Waals surface area (Å²) in [5.41, 5.74) is 0.0615. The average molecular weight is 808 g/mol. The van der Waals surface area contributed by atoms with Gasteiger partial charge in [0.05, 0.1) is 29.6 Å². The van der Waals surface area contributed by atoms with Crippen molar-refractivity contribution in [3.05, 3.63) is 41.6 Å². The van der Waals surface area contributed by atoms with Gasteiger partial charge in [-0.2, -0.15) is 0 Å². The van der Waals surface area contributed by atoms with E-state index in [1.54, 1.807) is 21.0 Å². The number of allylic oxidation sites excluding steroid dienone is 1. The molecular weight excluding hydrogens is 751 g/mol. The maximum absolute atomic E-state index is 14.8. The normalized spacial score (nSPS) is 29.4. The number of amides is 4. The highest BCUT2D eigenvalue weighted by molar-refractivity contribution is 7.91. The van der Waals surface area contributed by atoms with E-state index < -0.39 is 73.8 Å². The number of fused-ring (bicyclic) bond motifs is 5. The Labute approximate surface area is 335 Å². The second-order valence-electron chi connectivity index (χ2n) is 17.3. The summed E-state index contributed by atoms with van der Waals surface area (Å²) >= 11 is 0. The lowest BCUT2D eigenvalue weighted by Crippen LogP contribution is -2.58. The van der Waals surface area contributed by atoms with Crippen molar-refractivity contribution in [1.82, 2.24) is 25.2 Å². The number of nitrogens with one attached hydrogen (secondary N) is 3. The molecule has 4 amide bonds. The Morgan fingerprint density at radius 1 is 1.11 bits per heavy atom. The molecule has 0 radical (unpaired) electrons. The lowest BCUT2D eigenvalue weighted by Gasteiger charge is -2.37. The second-order valence-corrected chi connectivity index (χ2v) is 19.5. The maximum Gasteiger partial charge on any atom is 0.408 e. The SMILES string of the molecule is CCc1nc2ccc(OC)cc2c2c1O[C@]1(CC2)C[C@H]2C(=O)N[C@]3(C(=O)NS(=O)(=O)C4(C)CC4)C[C@H]3/C=C\CCCCC[C@H](NC(=O)O[C@@H](C)C(C)C)C(=O)N2C1. The van der Waals surface area contributed by atoms with E-state index in [0.29, 0.717) is 62.9 Å². The lowest BCUT2D eigenvalue weighted by molar-refractivity contribution is -0.141. The van der Waals surface area contributed by atoms with Crippen LogP contribution in [-0.2, 0) is 42.0 Å². The van der Waals surface area contributed by atoms with Crippen molar-refractivity contribution in [3.63, 3.8) is 0 Å². The van der Waals surface area contributed by atoms with Crippen molar-refractivity contribution in [2.45, 2.75) is 146 Å². The monoisotopic (exact) mass is 807 g/mol. The number of sulfonamides is 1. The summed E-state index contributed by atoms with van der Waals surface area (Å²) in [6, 6.07) is 3.67. The zero-order chi connectivity index (χ0) is 40.9. The maximum atomic E-state index is 14.8. The molecule has 14 nitrogen and oxygen atoms in total. The number of aromatic nitrogens is 1. The number of rotatable bonds is 8. The van der Waals surface area contributed by atoms with Crippen LogP contribution in [0.4, 0.5) is 4.79 Å². The van der Waals surface area contributed by atoms with Gasteiger partial charge >= 0.3 is 6.09 Å². The molecule has 1 aromatic heterocycles. The molecule has 4 heterocycles. The minimum atomic E-state index is -3.99. The van der Waals surface area contributed by atoms with Gasteiger partial charge in [-0.05, 0) is 95.8 Å². The average Bonchev–Trinajstić information content (AvgIpc) is 4.07. The summed E-state index contributed by atoms with van der Waals surface area (Å²) in [4.78, 5) is 63.2. The van der Waals surface area contributed by atoms with Crippen LogP contribution in [0.25, 0.3) is 10.9 Å². The molecule has 310 valence electrons. The first-order chi connectivity index (χ1) is 27.0. The number of alkyl carbamates (subject to hydrolysis) is 1. The van der Waals surface area contributed by atoms with Crippen LogP contribution in [0.5, 0.6) is 11.5 Å². The van der Waals surface area contributed by atoms with Gasteiger partial charge in [-0.25, -0.2) is 18.2 Å². The first-order valence-electron chi connectivity index (χ1n) is 20.6.